The lowest BCUT2D eigenvalue weighted by Crippen LogP contribution is -1.83. The van der Waals surface area contributed by atoms with Crippen molar-refractivity contribution in [2.24, 2.45) is 0 Å². The molecule has 0 heterocycles. The fraction of sp³-hybridized carbons (Fsp3) is 0.200. The van der Waals surface area contributed by atoms with Crippen molar-refractivity contribution >= 4 is 11.8 Å². The summed E-state index contributed by atoms with van der Waals surface area (Å²) in [7, 11) is 0. The molecule has 0 nitrogen and oxygen atoms in total. The summed E-state index contributed by atoms with van der Waals surface area (Å²) in [6.45, 7) is 0. The SMILES string of the molecule is c1ccc(-c2ccccc2SC2CC2)cc1. The summed E-state index contributed by atoms with van der Waals surface area (Å²) >= 11 is 2.03. The molecule has 1 heteroatoms. The first-order valence-corrected chi connectivity index (χ1v) is 6.62. The molecule has 0 radical (unpaired) electrons. The highest BCUT2D eigenvalue weighted by molar-refractivity contribution is 8.00. The molecule has 0 N–H and O–H groups in total. The summed E-state index contributed by atoms with van der Waals surface area (Å²) in [5, 5.41) is 0.866. The van der Waals surface area contributed by atoms with Crippen LogP contribution in [-0.4, -0.2) is 5.25 Å². The number of thioether (sulfide) groups is 1. The van der Waals surface area contributed by atoms with E-state index in [4.69, 9.17) is 0 Å². The van der Waals surface area contributed by atoms with Crippen LogP contribution < -0.4 is 0 Å². The van der Waals surface area contributed by atoms with Gasteiger partial charge in [-0.25, -0.2) is 0 Å². The standard InChI is InChI=1S/C15H14S/c1-2-6-12(7-3-1)14-8-4-5-9-15(14)16-13-10-11-13/h1-9,13H,10-11H2. The second-order valence-corrected chi connectivity index (χ2v) is 5.52. The smallest absolute Gasteiger partial charge is 0.0153 e. The van der Waals surface area contributed by atoms with Gasteiger partial charge in [-0.3, -0.25) is 0 Å². The van der Waals surface area contributed by atoms with Crippen LogP contribution >= 0.6 is 11.8 Å². The van der Waals surface area contributed by atoms with E-state index in [1.807, 2.05) is 11.8 Å². The molecule has 80 valence electrons. The normalized spacial score (nSPS) is 15.0. The van der Waals surface area contributed by atoms with Gasteiger partial charge in [0, 0.05) is 10.1 Å². The maximum atomic E-state index is 2.24. The van der Waals surface area contributed by atoms with Crippen LogP contribution in [0.2, 0.25) is 0 Å². The summed E-state index contributed by atoms with van der Waals surface area (Å²) in [5.74, 6) is 0. The molecule has 0 saturated heterocycles. The fourth-order valence-electron chi connectivity index (χ4n) is 1.79. The van der Waals surface area contributed by atoms with Crippen molar-refractivity contribution in [1.29, 1.82) is 0 Å². The van der Waals surface area contributed by atoms with Crippen molar-refractivity contribution in [3.63, 3.8) is 0 Å². The monoisotopic (exact) mass is 226 g/mol. The zero-order chi connectivity index (χ0) is 10.8. The van der Waals surface area contributed by atoms with Crippen molar-refractivity contribution < 1.29 is 0 Å². The van der Waals surface area contributed by atoms with Crippen LogP contribution in [0.25, 0.3) is 11.1 Å². The van der Waals surface area contributed by atoms with E-state index in [-0.39, 0.29) is 0 Å². The predicted octanol–water partition coefficient (Wildman–Crippen LogP) is 4.61. The lowest BCUT2D eigenvalue weighted by Gasteiger charge is -2.08. The van der Waals surface area contributed by atoms with Crippen molar-refractivity contribution in [3.05, 3.63) is 54.6 Å². The largest absolute Gasteiger partial charge is 0.122 e. The maximum Gasteiger partial charge on any atom is 0.0153 e. The van der Waals surface area contributed by atoms with Crippen molar-refractivity contribution in [1.82, 2.24) is 0 Å². The van der Waals surface area contributed by atoms with Crippen molar-refractivity contribution in [2.75, 3.05) is 0 Å². The minimum Gasteiger partial charge on any atom is -0.122 e. The third-order valence-electron chi connectivity index (χ3n) is 2.79. The molecule has 1 fully saturated rings. The van der Waals surface area contributed by atoms with Crippen LogP contribution in [0.5, 0.6) is 0 Å². The molecule has 0 unspecified atom stereocenters. The third kappa shape index (κ3) is 2.14. The van der Waals surface area contributed by atoms with Gasteiger partial charge in [-0.2, -0.15) is 0 Å². The highest BCUT2D eigenvalue weighted by atomic mass is 32.2. The summed E-state index contributed by atoms with van der Waals surface area (Å²) in [6, 6.07) is 19.4. The molecular weight excluding hydrogens is 212 g/mol. The third-order valence-corrected chi connectivity index (χ3v) is 4.20. The number of benzene rings is 2. The van der Waals surface area contributed by atoms with Gasteiger partial charge in [0.1, 0.15) is 0 Å². The van der Waals surface area contributed by atoms with Crippen LogP contribution in [0.15, 0.2) is 59.5 Å². The van der Waals surface area contributed by atoms with Crippen LogP contribution in [0, 0.1) is 0 Å². The van der Waals surface area contributed by atoms with Crippen molar-refractivity contribution in [3.8, 4) is 11.1 Å². The second kappa shape index (κ2) is 4.34. The van der Waals surface area contributed by atoms with Crippen molar-refractivity contribution in [2.45, 2.75) is 23.0 Å². The minimum atomic E-state index is 0.866. The van der Waals surface area contributed by atoms with E-state index in [0.717, 1.165) is 5.25 Å². The second-order valence-electron chi connectivity index (χ2n) is 4.18. The van der Waals surface area contributed by atoms with Gasteiger partial charge in [0.05, 0.1) is 0 Å². The average molecular weight is 226 g/mol. The fourth-order valence-corrected chi connectivity index (χ4v) is 2.99. The Morgan fingerprint density at radius 1 is 0.812 bits per heavy atom. The van der Waals surface area contributed by atoms with Crippen LogP contribution in [0.1, 0.15) is 12.8 Å². The van der Waals surface area contributed by atoms with E-state index in [1.54, 1.807) is 0 Å². The lowest BCUT2D eigenvalue weighted by molar-refractivity contribution is 1.41. The molecule has 1 aliphatic carbocycles. The highest BCUT2D eigenvalue weighted by Crippen LogP contribution is 2.42. The van der Waals surface area contributed by atoms with Crippen LogP contribution in [-0.2, 0) is 0 Å². The Bertz CT molecular complexity index is 472. The van der Waals surface area contributed by atoms with Gasteiger partial charge in [0.2, 0.25) is 0 Å². The minimum absolute atomic E-state index is 0.866. The lowest BCUT2D eigenvalue weighted by atomic mass is 10.1. The summed E-state index contributed by atoms with van der Waals surface area (Å²) in [4.78, 5) is 1.43. The van der Waals surface area contributed by atoms with E-state index in [2.05, 4.69) is 54.6 Å². The van der Waals surface area contributed by atoms with Crippen LogP contribution in [0.4, 0.5) is 0 Å². The molecule has 2 aromatic rings. The van der Waals surface area contributed by atoms with Crippen LogP contribution in [0.3, 0.4) is 0 Å². The molecule has 3 rings (SSSR count). The van der Waals surface area contributed by atoms with E-state index < -0.39 is 0 Å². The highest BCUT2D eigenvalue weighted by Gasteiger charge is 2.23. The summed E-state index contributed by atoms with van der Waals surface area (Å²) in [5.41, 5.74) is 2.70. The van der Waals surface area contributed by atoms with Gasteiger partial charge in [0.25, 0.3) is 0 Å². The summed E-state index contributed by atoms with van der Waals surface area (Å²) < 4.78 is 0. The van der Waals surface area contributed by atoms with Gasteiger partial charge >= 0.3 is 0 Å². The molecule has 1 saturated carbocycles. The van der Waals surface area contributed by atoms with Gasteiger partial charge in [-0.05, 0) is 30.0 Å². The zero-order valence-electron chi connectivity index (χ0n) is 9.10. The quantitative estimate of drug-likeness (QED) is 0.736. The number of rotatable bonds is 3. The van der Waals surface area contributed by atoms with Gasteiger partial charge in [0.15, 0.2) is 0 Å². The Morgan fingerprint density at radius 2 is 1.50 bits per heavy atom. The molecule has 0 aliphatic heterocycles. The molecule has 0 atom stereocenters. The van der Waals surface area contributed by atoms with Gasteiger partial charge in [-0.1, -0.05) is 48.5 Å². The van der Waals surface area contributed by atoms with Gasteiger partial charge in [-0.15, -0.1) is 11.8 Å². The molecule has 1 aliphatic rings. The Labute approximate surface area is 101 Å². The topological polar surface area (TPSA) is 0 Å². The van der Waals surface area contributed by atoms with E-state index in [1.165, 1.54) is 28.9 Å². The Kier molecular flexibility index (Phi) is 2.71. The molecule has 0 bridgehead atoms. The molecular formula is C15H14S. The zero-order valence-corrected chi connectivity index (χ0v) is 9.91. The Hall–Kier alpha value is -1.21. The first-order chi connectivity index (χ1) is 7.93. The Morgan fingerprint density at radius 3 is 2.25 bits per heavy atom. The number of hydrogen-bond donors (Lipinski definition) is 0. The van der Waals surface area contributed by atoms with Gasteiger partial charge < -0.3 is 0 Å². The maximum absolute atomic E-state index is 2.24. The average Bonchev–Trinajstić information content (AvgIpc) is 3.15. The van der Waals surface area contributed by atoms with E-state index >= 15 is 0 Å². The first kappa shape index (κ1) is 9.98. The first-order valence-electron chi connectivity index (χ1n) is 5.74. The number of hydrogen-bond acceptors (Lipinski definition) is 1. The molecule has 2 aromatic carbocycles. The molecule has 0 aromatic heterocycles. The Balaban J connectivity index is 1.98. The molecule has 16 heavy (non-hydrogen) atoms. The predicted molar refractivity (Wildman–Crippen MR) is 70.8 cm³/mol. The van der Waals surface area contributed by atoms with E-state index in [9.17, 15) is 0 Å². The summed E-state index contributed by atoms with van der Waals surface area (Å²) in [6.07, 6.45) is 2.77. The molecule has 0 amide bonds. The molecule has 0 spiro atoms. The van der Waals surface area contributed by atoms with E-state index in [0.29, 0.717) is 0 Å².